The number of amides is 2. The summed E-state index contributed by atoms with van der Waals surface area (Å²) in [6, 6.07) is 0.154. The van der Waals surface area contributed by atoms with Crippen molar-refractivity contribution in [3.63, 3.8) is 0 Å². The third kappa shape index (κ3) is 3.90. The fourth-order valence-corrected chi connectivity index (χ4v) is 1.91. The van der Waals surface area contributed by atoms with Crippen LogP contribution in [0.5, 0.6) is 0 Å². The van der Waals surface area contributed by atoms with E-state index < -0.39 is 0 Å². The first-order valence-corrected chi connectivity index (χ1v) is 5.68. The van der Waals surface area contributed by atoms with Crippen molar-refractivity contribution in [1.82, 2.24) is 10.2 Å². The quantitative estimate of drug-likeness (QED) is 0.756. The summed E-state index contributed by atoms with van der Waals surface area (Å²) in [5.74, 6) is 0.206. The first-order valence-electron chi connectivity index (χ1n) is 5.68. The van der Waals surface area contributed by atoms with Gasteiger partial charge in [0.25, 0.3) is 0 Å². The van der Waals surface area contributed by atoms with Crippen LogP contribution in [0.2, 0.25) is 0 Å². The zero-order chi connectivity index (χ0) is 11.3. The molecule has 1 unspecified atom stereocenters. The number of likely N-dealkylation sites (tertiary alicyclic amines) is 1. The molecule has 1 atom stereocenters. The van der Waals surface area contributed by atoms with Crippen LogP contribution >= 0.6 is 0 Å². The average Bonchev–Trinajstić information content (AvgIpc) is 2.18. The van der Waals surface area contributed by atoms with E-state index in [4.69, 9.17) is 0 Å². The van der Waals surface area contributed by atoms with E-state index >= 15 is 0 Å². The topological polar surface area (TPSA) is 49.4 Å². The van der Waals surface area contributed by atoms with Gasteiger partial charge in [-0.3, -0.25) is 9.59 Å². The first-order chi connectivity index (χ1) is 7.13. The van der Waals surface area contributed by atoms with Crippen LogP contribution < -0.4 is 5.32 Å². The zero-order valence-electron chi connectivity index (χ0n) is 9.58. The van der Waals surface area contributed by atoms with Crippen molar-refractivity contribution in [3.05, 3.63) is 0 Å². The van der Waals surface area contributed by atoms with E-state index in [1.54, 1.807) is 11.8 Å². The van der Waals surface area contributed by atoms with Gasteiger partial charge in [-0.2, -0.15) is 0 Å². The number of nitrogens with one attached hydrogen (secondary N) is 1. The Balaban J connectivity index is 2.36. The molecule has 4 heteroatoms. The summed E-state index contributed by atoms with van der Waals surface area (Å²) in [4.78, 5) is 24.3. The van der Waals surface area contributed by atoms with Gasteiger partial charge in [0.1, 0.15) is 0 Å². The van der Waals surface area contributed by atoms with Crippen molar-refractivity contribution in [3.8, 4) is 0 Å². The molecule has 86 valence electrons. The molecule has 0 bridgehead atoms. The first kappa shape index (κ1) is 12.0. The third-order valence-electron chi connectivity index (χ3n) is 2.71. The Morgan fingerprint density at radius 2 is 2.20 bits per heavy atom. The molecule has 1 fully saturated rings. The summed E-state index contributed by atoms with van der Waals surface area (Å²) in [7, 11) is 0. The van der Waals surface area contributed by atoms with Gasteiger partial charge >= 0.3 is 0 Å². The van der Waals surface area contributed by atoms with Gasteiger partial charge in [-0.1, -0.05) is 6.92 Å². The Labute approximate surface area is 91.0 Å². The summed E-state index contributed by atoms with van der Waals surface area (Å²) >= 11 is 0. The molecular formula is C11H20N2O2. The van der Waals surface area contributed by atoms with Crippen LogP contribution in [0.3, 0.4) is 0 Å². The van der Waals surface area contributed by atoms with Gasteiger partial charge in [-0.15, -0.1) is 0 Å². The smallest absolute Gasteiger partial charge is 0.220 e. The van der Waals surface area contributed by atoms with Gasteiger partial charge in [0.15, 0.2) is 0 Å². The van der Waals surface area contributed by atoms with Crippen LogP contribution in [-0.4, -0.2) is 35.8 Å². The molecule has 1 heterocycles. The van der Waals surface area contributed by atoms with Crippen LogP contribution in [0.15, 0.2) is 0 Å². The number of piperidine rings is 1. The number of nitrogens with zero attached hydrogens (tertiary/aromatic N) is 1. The standard InChI is InChI=1S/C11H20N2O2/c1-3-5-11(15)12-10-6-4-7-13(8-10)9(2)14/h10H,3-8H2,1-2H3,(H,12,15). The molecule has 2 amide bonds. The molecule has 15 heavy (non-hydrogen) atoms. The van der Waals surface area contributed by atoms with E-state index in [0.29, 0.717) is 13.0 Å². The van der Waals surface area contributed by atoms with Crippen molar-refractivity contribution in [2.75, 3.05) is 13.1 Å². The number of carbonyl (C=O) groups excluding carboxylic acids is 2. The van der Waals surface area contributed by atoms with Gasteiger partial charge in [0.2, 0.25) is 11.8 Å². The minimum absolute atomic E-state index is 0.101. The molecule has 0 radical (unpaired) electrons. The van der Waals surface area contributed by atoms with Crippen LogP contribution in [0.25, 0.3) is 0 Å². The van der Waals surface area contributed by atoms with Gasteiger partial charge in [-0.05, 0) is 19.3 Å². The predicted octanol–water partition coefficient (Wildman–Crippen LogP) is 0.914. The Bertz CT molecular complexity index is 241. The van der Waals surface area contributed by atoms with Gasteiger partial charge in [0, 0.05) is 32.5 Å². The Morgan fingerprint density at radius 3 is 2.80 bits per heavy atom. The number of carbonyl (C=O) groups is 2. The minimum Gasteiger partial charge on any atom is -0.352 e. The summed E-state index contributed by atoms with van der Waals surface area (Å²) in [5, 5.41) is 2.97. The molecule has 4 nitrogen and oxygen atoms in total. The maximum atomic E-state index is 11.4. The molecule has 1 N–H and O–H groups in total. The highest BCUT2D eigenvalue weighted by Crippen LogP contribution is 2.10. The SMILES string of the molecule is CCCC(=O)NC1CCCN(C(C)=O)C1. The highest BCUT2D eigenvalue weighted by Gasteiger charge is 2.22. The third-order valence-corrected chi connectivity index (χ3v) is 2.71. The van der Waals surface area contributed by atoms with Crippen molar-refractivity contribution >= 4 is 11.8 Å². The van der Waals surface area contributed by atoms with Gasteiger partial charge < -0.3 is 10.2 Å². The maximum Gasteiger partial charge on any atom is 0.220 e. The van der Waals surface area contributed by atoms with Crippen molar-refractivity contribution in [2.45, 2.75) is 45.6 Å². The number of hydrogen-bond donors (Lipinski definition) is 1. The van der Waals surface area contributed by atoms with E-state index in [2.05, 4.69) is 5.32 Å². The molecule has 1 aliphatic heterocycles. The predicted molar refractivity (Wildman–Crippen MR) is 58.3 cm³/mol. The van der Waals surface area contributed by atoms with Crippen molar-refractivity contribution in [2.24, 2.45) is 0 Å². The number of hydrogen-bond acceptors (Lipinski definition) is 2. The van der Waals surface area contributed by atoms with Gasteiger partial charge in [-0.25, -0.2) is 0 Å². The minimum atomic E-state index is 0.101. The lowest BCUT2D eigenvalue weighted by molar-refractivity contribution is -0.131. The highest BCUT2D eigenvalue weighted by molar-refractivity contribution is 5.76. The maximum absolute atomic E-state index is 11.4. The molecular weight excluding hydrogens is 192 g/mol. The van der Waals surface area contributed by atoms with E-state index in [1.807, 2.05) is 6.92 Å². The normalized spacial score (nSPS) is 21.2. The molecule has 0 saturated carbocycles. The highest BCUT2D eigenvalue weighted by atomic mass is 16.2. The number of rotatable bonds is 3. The largest absolute Gasteiger partial charge is 0.352 e. The van der Waals surface area contributed by atoms with Gasteiger partial charge in [0.05, 0.1) is 0 Å². The second-order valence-electron chi connectivity index (χ2n) is 4.12. The average molecular weight is 212 g/mol. The molecule has 1 aliphatic rings. The molecule has 0 aromatic rings. The fraction of sp³-hybridized carbons (Fsp3) is 0.818. The van der Waals surface area contributed by atoms with E-state index in [0.717, 1.165) is 25.8 Å². The van der Waals surface area contributed by atoms with Crippen LogP contribution in [-0.2, 0) is 9.59 Å². The molecule has 0 aliphatic carbocycles. The summed E-state index contributed by atoms with van der Waals surface area (Å²) in [6.45, 7) is 5.07. The fourth-order valence-electron chi connectivity index (χ4n) is 1.91. The van der Waals surface area contributed by atoms with E-state index in [-0.39, 0.29) is 17.9 Å². The van der Waals surface area contributed by atoms with Crippen molar-refractivity contribution < 1.29 is 9.59 Å². The molecule has 1 saturated heterocycles. The van der Waals surface area contributed by atoms with Crippen LogP contribution in [0.4, 0.5) is 0 Å². The van der Waals surface area contributed by atoms with E-state index in [9.17, 15) is 9.59 Å². The second kappa shape index (κ2) is 5.73. The zero-order valence-corrected chi connectivity index (χ0v) is 9.58. The van der Waals surface area contributed by atoms with E-state index in [1.165, 1.54) is 0 Å². The van der Waals surface area contributed by atoms with Crippen molar-refractivity contribution in [1.29, 1.82) is 0 Å². The van der Waals surface area contributed by atoms with Crippen LogP contribution in [0.1, 0.15) is 39.5 Å². The Kier molecular flexibility index (Phi) is 4.59. The monoisotopic (exact) mass is 212 g/mol. The Hall–Kier alpha value is -1.06. The van der Waals surface area contributed by atoms with Crippen LogP contribution in [0, 0.1) is 0 Å². The summed E-state index contributed by atoms with van der Waals surface area (Å²) in [5.41, 5.74) is 0. The molecule has 0 spiro atoms. The lowest BCUT2D eigenvalue weighted by atomic mass is 10.1. The lowest BCUT2D eigenvalue weighted by Crippen LogP contribution is -2.49. The summed E-state index contributed by atoms with van der Waals surface area (Å²) in [6.07, 6.45) is 3.42. The lowest BCUT2D eigenvalue weighted by Gasteiger charge is -2.32. The molecule has 0 aromatic heterocycles. The molecule has 1 rings (SSSR count). The Morgan fingerprint density at radius 1 is 1.47 bits per heavy atom. The summed E-state index contributed by atoms with van der Waals surface area (Å²) < 4.78 is 0. The molecule has 0 aromatic carbocycles. The second-order valence-corrected chi connectivity index (χ2v) is 4.12.